The van der Waals surface area contributed by atoms with Crippen molar-refractivity contribution in [2.45, 2.75) is 24.9 Å². The SMILES string of the molecule is O=C1C[C@@H](O)[C@H](c2ccc(F)cc2)C1. The molecular formula is C11H11FO2. The van der Waals surface area contributed by atoms with Gasteiger partial charge in [0.25, 0.3) is 0 Å². The van der Waals surface area contributed by atoms with Crippen molar-refractivity contribution in [2.75, 3.05) is 0 Å². The van der Waals surface area contributed by atoms with E-state index in [1.54, 1.807) is 12.1 Å². The van der Waals surface area contributed by atoms with Crippen LogP contribution in [0.5, 0.6) is 0 Å². The monoisotopic (exact) mass is 194 g/mol. The molecule has 14 heavy (non-hydrogen) atoms. The van der Waals surface area contributed by atoms with Gasteiger partial charge in [0.1, 0.15) is 11.6 Å². The summed E-state index contributed by atoms with van der Waals surface area (Å²) >= 11 is 0. The predicted molar refractivity (Wildman–Crippen MR) is 49.4 cm³/mol. The summed E-state index contributed by atoms with van der Waals surface area (Å²) in [5.74, 6) is -0.373. The predicted octanol–water partition coefficient (Wildman–Crippen LogP) is 1.63. The molecule has 1 aromatic carbocycles. The molecule has 0 unspecified atom stereocenters. The van der Waals surface area contributed by atoms with Crippen molar-refractivity contribution < 1.29 is 14.3 Å². The second kappa shape index (κ2) is 3.50. The second-order valence-electron chi connectivity index (χ2n) is 3.67. The van der Waals surface area contributed by atoms with Crippen molar-refractivity contribution in [3.8, 4) is 0 Å². The number of ketones is 1. The normalized spacial score (nSPS) is 26.9. The molecule has 3 heteroatoms. The molecule has 2 nitrogen and oxygen atoms in total. The van der Waals surface area contributed by atoms with Crippen molar-refractivity contribution in [3.63, 3.8) is 0 Å². The Morgan fingerprint density at radius 2 is 1.86 bits per heavy atom. The molecule has 0 aromatic heterocycles. The van der Waals surface area contributed by atoms with E-state index in [4.69, 9.17) is 0 Å². The number of Topliss-reactive ketones (excluding diaryl/α,β-unsaturated/α-hetero) is 1. The quantitative estimate of drug-likeness (QED) is 0.737. The summed E-state index contributed by atoms with van der Waals surface area (Å²) in [5, 5.41) is 9.57. The average molecular weight is 194 g/mol. The number of aliphatic hydroxyl groups excluding tert-OH is 1. The highest BCUT2D eigenvalue weighted by molar-refractivity contribution is 5.82. The number of hydrogen-bond donors (Lipinski definition) is 1. The van der Waals surface area contributed by atoms with E-state index in [0.717, 1.165) is 5.56 Å². The molecule has 1 aliphatic carbocycles. The van der Waals surface area contributed by atoms with E-state index in [-0.39, 0.29) is 23.9 Å². The van der Waals surface area contributed by atoms with Gasteiger partial charge in [0, 0.05) is 18.8 Å². The van der Waals surface area contributed by atoms with Crippen LogP contribution in [-0.2, 0) is 4.79 Å². The van der Waals surface area contributed by atoms with Crippen LogP contribution in [0.15, 0.2) is 24.3 Å². The maximum atomic E-state index is 12.6. The zero-order chi connectivity index (χ0) is 10.1. The summed E-state index contributed by atoms with van der Waals surface area (Å²) < 4.78 is 12.6. The van der Waals surface area contributed by atoms with Gasteiger partial charge in [-0.25, -0.2) is 4.39 Å². The van der Waals surface area contributed by atoms with E-state index in [1.165, 1.54) is 12.1 Å². The van der Waals surface area contributed by atoms with Crippen molar-refractivity contribution >= 4 is 5.78 Å². The Bertz CT molecular complexity index is 345. The number of rotatable bonds is 1. The molecule has 0 bridgehead atoms. The highest BCUT2D eigenvalue weighted by Gasteiger charge is 2.32. The van der Waals surface area contributed by atoms with Crippen LogP contribution in [0.4, 0.5) is 4.39 Å². The van der Waals surface area contributed by atoms with Gasteiger partial charge in [0.05, 0.1) is 6.10 Å². The molecule has 1 aromatic rings. The first-order valence-electron chi connectivity index (χ1n) is 4.62. The minimum Gasteiger partial charge on any atom is -0.392 e. The fraction of sp³-hybridized carbons (Fsp3) is 0.364. The number of benzene rings is 1. The molecule has 1 N–H and O–H groups in total. The molecule has 0 aliphatic heterocycles. The van der Waals surface area contributed by atoms with E-state index in [1.807, 2.05) is 0 Å². The molecule has 0 radical (unpaired) electrons. The van der Waals surface area contributed by atoms with Gasteiger partial charge in [-0.15, -0.1) is 0 Å². The Hall–Kier alpha value is -1.22. The van der Waals surface area contributed by atoms with Crippen molar-refractivity contribution in [2.24, 2.45) is 0 Å². The van der Waals surface area contributed by atoms with Gasteiger partial charge in [-0.3, -0.25) is 4.79 Å². The first-order valence-corrected chi connectivity index (χ1v) is 4.62. The van der Waals surface area contributed by atoms with E-state index in [2.05, 4.69) is 0 Å². The van der Waals surface area contributed by atoms with Gasteiger partial charge in [0.2, 0.25) is 0 Å². The Labute approximate surface area is 81.4 Å². The highest BCUT2D eigenvalue weighted by Crippen LogP contribution is 2.32. The van der Waals surface area contributed by atoms with E-state index in [9.17, 15) is 14.3 Å². The fourth-order valence-electron chi connectivity index (χ4n) is 1.89. The van der Waals surface area contributed by atoms with Crippen molar-refractivity contribution in [1.29, 1.82) is 0 Å². The zero-order valence-electron chi connectivity index (χ0n) is 7.61. The lowest BCUT2D eigenvalue weighted by molar-refractivity contribution is -0.117. The van der Waals surface area contributed by atoms with E-state index in [0.29, 0.717) is 6.42 Å². The molecule has 1 aliphatic rings. The van der Waals surface area contributed by atoms with Crippen LogP contribution in [0, 0.1) is 5.82 Å². The van der Waals surface area contributed by atoms with Crippen molar-refractivity contribution in [3.05, 3.63) is 35.6 Å². The van der Waals surface area contributed by atoms with Gasteiger partial charge in [-0.05, 0) is 17.7 Å². The van der Waals surface area contributed by atoms with Gasteiger partial charge >= 0.3 is 0 Å². The third-order valence-electron chi connectivity index (χ3n) is 2.65. The molecule has 0 amide bonds. The van der Waals surface area contributed by atoms with Gasteiger partial charge < -0.3 is 5.11 Å². The topological polar surface area (TPSA) is 37.3 Å². The summed E-state index contributed by atoms with van der Waals surface area (Å²) in [5.41, 5.74) is 0.838. The average Bonchev–Trinajstić information content (AvgIpc) is 2.47. The summed E-state index contributed by atoms with van der Waals surface area (Å²) in [7, 11) is 0. The first-order chi connectivity index (χ1) is 6.66. The van der Waals surface area contributed by atoms with Crippen molar-refractivity contribution in [1.82, 2.24) is 0 Å². The third-order valence-corrected chi connectivity index (χ3v) is 2.65. The molecule has 0 spiro atoms. The summed E-state index contributed by atoms with van der Waals surface area (Å²) in [4.78, 5) is 11.1. The Morgan fingerprint density at radius 1 is 1.21 bits per heavy atom. The van der Waals surface area contributed by atoms with Gasteiger partial charge in [0.15, 0.2) is 0 Å². The zero-order valence-corrected chi connectivity index (χ0v) is 7.61. The van der Waals surface area contributed by atoms with Crippen LogP contribution in [0.3, 0.4) is 0 Å². The van der Waals surface area contributed by atoms with E-state index < -0.39 is 6.10 Å². The van der Waals surface area contributed by atoms with Crippen LogP contribution < -0.4 is 0 Å². The molecule has 2 atom stereocenters. The molecule has 2 rings (SSSR count). The van der Waals surface area contributed by atoms with E-state index >= 15 is 0 Å². The minimum absolute atomic E-state index is 0.0758. The van der Waals surface area contributed by atoms with Crippen LogP contribution in [0.25, 0.3) is 0 Å². The number of carbonyl (C=O) groups is 1. The van der Waals surface area contributed by atoms with Crippen LogP contribution in [0.2, 0.25) is 0 Å². The minimum atomic E-state index is -0.604. The summed E-state index contributed by atoms with van der Waals surface area (Å²) in [6, 6.07) is 5.96. The summed E-state index contributed by atoms with van der Waals surface area (Å²) in [6.07, 6.45) is -0.0116. The number of hydrogen-bond acceptors (Lipinski definition) is 2. The maximum Gasteiger partial charge on any atom is 0.136 e. The smallest absolute Gasteiger partial charge is 0.136 e. The maximum absolute atomic E-state index is 12.6. The van der Waals surface area contributed by atoms with Crippen LogP contribution in [-0.4, -0.2) is 17.0 Å². The summed E-state index contributed by atoms with van der Waals surface area (Å²) in [6.45, 7) is 0. The van der Waals surface area contributed by atoms with Crippen LogP contribution >= 0.6 is 0 Å². The lowest BCUT2D eigenvalue weighted by Crippen LogP contribution is -2.10. The second-order valence-corrected chi connectivity index (χ2v) is 3.67. The Balaban J connectivity index is 2.23. The standard InChI is InChI=1S/C11H11FO2/c12-8-3-1-7(2-4-8)10-5-9(13)6-11(10)14/h1-4,10-11,14H,5-6H2/t10-,11+/m0/s1. The van der Waals surface area contributed by atoms with Crippen LogP contribution in [0.1, 0.15) is 24.3 Å². The molecule has 1 saturated carbocycles. The fourth-order valence-corrected chi connectivity index (χ4v) is 1.89. The van der Waals surface area contributed by atoms with Gasteiger partial charge in [-0.2, -0.15) is 0 Å². The molecule has 74 valence electrons. The third kappa shape index (κ3) is 1.68. The molecule has 0 saturated heterocycles. The number of carbonyl (C=O) groups excluding carboxylic acids is 1. The molecule has 1 fully saturated rings. The lowest BCUT2D eigenvalue weighted by Gasteiger charge is -2.13. The largest absolute Gasteiger partial charge is 0.392 e. The Kier molecular flexibility index (Phi) is 2.33. The molecular weight excluding hydrogens is 183 g/mol. The van der Waals surface area contributed by atoms with Gasteiger partial charge in [-0.1, -0.05) is 12.1 Å². The molecule has 0 heterocycles. The number of aliphatic hydroxyl groups is 1. The number of halogens is 1. The first kappa shape index (κ1) is 9.34. The lowest BCUT2D eigenvalue weighted by atomic mass is 9.96. The Morgan fingerprint density at radius 3 is 2.36 bits per heavy atom. The highest BCUT2D eigenvalue weighted by atomic mass is 19.1.